The van der Waals surface area contributed by atoms with Crippen LogP contribution in [-0.4, -0.2) is 30.5 Å². The summed E-state index contributed by atoms with van der Waals surface area (Å²) in [6.45, 7) is 3.18. The Morgan fingerprint density at radius 3 is 2.73 bits per heavy atom. The van der Waals surface area contributed by atoms with Gasteiger partial charge in [-0.3, -0.25) is 4.79 Å². The van der Waals surface area contributed by atoms with Crippen molar-refractivity contribution in [3.63, 3.8) is 0 Å². The van der Waals surface area contributed by atoms with Crippen LogP contribution in [0.4, 0.5) is 4.39 Å². The number of morpholine rings is 1. The molecule has 114 valence electrons. The van der Waals surface area contributed by atoms with Gasteiger partial charge in [0.1, 0.15) is 11.9 Å². The van der Waals surface area contributed by atoms with Crippen molar-refractivity contribution in [1.29, 1.82) is 0 Å². The molecule has 0 bridgehead atoms. The molecule has 1 fully saturated rings. The Bertz CT molecular complexity index is 672. The Balaban J connectivity index is 1.76. The Morgan fingerprint density at radius 1 is 1.23 bits per heavy atom. The van der Waals surface area contributed by atoms with E-state index in [0.29, 0.717) is 30.8 Å². The van der Waals surface area contributed by atoms with Crippen LogP contribution in [0.3, 0.4) is 0 Å². The smallest absolute Gasteiger partial charge is 0.254 e. The lowest BCUT2D eigenvalue weighted by Gasteiger charge is -2.33. The minimum atomic E-state index is -0.348. The Morgan fingerprint density at radius 2 is 2.00 bits per heavy atom. The van der Waals surface area contributed by atoms with Crippen LogP contribution in [0.2, 0.25) is 0 Å². The lowest BCUT2D eigenvalue weighted by molar-refractivity contribution is -0.0228. The number of hydrogen-bond donors (Lipinski definition) is 0. The predicted molar refractivity (Wildman–Crippen MR) is 82.2 cm³/mol. The molecule has 3 rings (SSSR count). The van der Waals surface area contributed by atoms with Crippen LogP contribution in [0.1, 0.15) is 27.6 Å². The van der Waals surface area contributed by atoms with Gasteiger partial charge in [0.2, 0.25) is 0 Å². The van der Waals surface area contributed by atoms with Gasteiger partial charge in [0.05, 0.1) is 13.2 Å². The number of aryl methyl sites for hydroxylation is 1. The third kappa shape index (κ3) is 3.02. The monoisotopic (exact) mass is 299 g/mol. The van der Waals surface area contributed by atoms with Gasteiger partial charge in [-0.2, -0.15) is 0 Å². The molecule has 0 aromatic heterocycles. The quantitative estimate of drug-likeness (QED) is 0.851. The van der Waals surface area contributed by atoms with Crippen LogP contribution in [-0.2, 0) is 4.74 Å². The molecule has 3 nitrogen and oxygen atoms in total. The molecular formula is C18H18FNO2. The maximum absolute atomic E-state index is 13.7. The summed E-state index contributed by atoms with van der Waals surface area (Å²) in [4.78, 5) is 14.3. The molecule has 0 N–H and O–H groups in total. The second-order valence-corrected chi connectivity index (χ2v) is 5.49. The van der Waals surface area contributed by atoms with Gasteiger partial charge in [0.25, 0.3) is 5.91 Å². The topological polar surface area (TPSA) is 29.5 Å². The highest BCUT2D eigenvalue weighted by atomic mass is 19.1. The van der Waals surface area contributed by atoms with Crippen molar-refractivity contribution < 1.29 is 13.9 Å². The number of carbonyl (C=O) groups excluding carboxylic acids is 1. The summed E-state index contributed by atoms with van der Waals surface area (Å²) in [7, 11) is 0. The Hall–Kier alpha value is -2.20. The number of benzene rings is 2. The van der Waals surface area contributed by atoms with Gasteiger partial charge in [-0.15, -0.1) is 0 Å². The first-order valence-electron chi connectivity index (χ1n) is 7.37. The van der Waals surface area contributed by atoms with Crippen molar-refractivity contribution in [3.05, 3.63) is 71.0 Å². The molecule has 2 aromatic carbocycles. The second kappa shape index (κ2) is 6.28. The zero-order valence-electron chi connectivity index (χ0n) is 12.5. The standard InChI is InChI=1S/C18H18FNO2/c1-13-7-8-15(11-16(13)19)18(21)20-9-10-22-17(12-20)14-5-3-2-4-6-14/h2-8,11,17H,9-10,12H2,1H3/t17-/m1/s1. The number of carbonyl (C=O) groups is 1. The van der Waals surface area contributed by atoms with E-state index in [4.69, 9.17) is 4.74 Å². The normalized spacial score (nSPS) is 18.3. The summed E-state index contributed by atoms with van der Waals surface area (Å²) in [6, 6.07) is 14.5. The van der Waals surface area contributed by atoms with Gasteiger partial charge >= 0.3 is 0 Å². The SMILES string of the molecule is Cc1ccc(C(=O)N2CCO[C@@H](c3ccccc3)C2)cc1F. The van der Waals surface area contributed by atoms with E-state index in [9.17, 15) is 9.18 Å². The molecule has 0 spiro atoms. The zero-order valence-corrected chi connectivity index (χ0v) is 12.5. The van der Waals surface area contributed by atoms with Crippen LogP contribution in [0, 0.1) is 12.7 Å². The van der Waals surface area contributed by atoms with Gasteiger partial charge in [-0.05, 0) is 30.2 Å². The van der Waals surface area contributed by atoms with Crippen molar-refractivity contribution in [2.75, 3.05) is 19.7 Å². The summed E-state index contributed by atoms with van der Waals surface area (Å²) in [6.07, 6.45) is -0.130. The molecule has 2 aromatic rings. The number of amides is 1. The molecule has 22 heavy (non-hydrogen) atoms. The summed E-state index contributed by atoms with van der Waals surface area (Å²) >= 11 is 0. The molecule has 0 aliphatic carbocycles. The largest absolute Gasteiger partial charge is 0.370 e. The number of halogens is 1. The van der Waals surface area contributed by atoms with Gasteiger partial charge in [0, 0.05) is 12.1 Å². The molecule has 1 aliphatic heterocycles. The highest BCUT2D eigenvalue weighted by Crippen LogP contribution is 2.23. The fourth-order valence-electron chi connectivity index (χ4n) is 2.61. The first kappa shape index (κ1) is 14.7. The molecule has 1 heterocycles. The van der Waals surface area contributed by atoms with Crippen LogP contribution in [0.25, 0.3) is 0 Å². The Kier molecular flexibility index (Phi) is 4.20. The third-order valence-electron chi connectivity index (χ3n) is 3.94. The van der Waals surface area contributed by atoms with E-state index in [0.717, 1.165) is 5.56 Å². The summed E-state index contributed by atoms with van der Waals surface area (Å²) in [5.74, 6) is -0.498. The molecule has 0 radical (unpaired) electrons. The molecule has 0 unspecified atom stereocenters. The maximum Gasteiger partial charge on any atom is 0.254 e. The van der Waals surface area contributed by atoms with E-state index in [1.54, 1.807) is 24.0 Å². The molecule has 1 saturated heterocycles. The molecule has 0 saturated carbocycles. The molecule has 1 aliphatic rings. The van der Waals surface area contributed by atoms with Gasteiger partial charge in [0.15, 0.2) is 0 Å². The lowest BCUT2D eigenvalue weighted by Crippen LogP contribution is -2.42. The average Bonchev–Trinajstić information content (AvgIpc) is 2.57. The van der Waals surface area contributed by atoms with Gasteiger partial charge in [-0.25, -0.2) is 4.39 Å². The van der Waals surface area contributed by atoms with E-state index >= 15 is 0 Å². The number of ether oxygens (including phenoxy) is 1. The molecule has 1 atom stereocenters. The van der Waals surface area contributed by atoms with E-state index in [-0.39, 0.29) is 17.8 Å². The van der Waals surface area contributed by atoms with E-state index < -0.39 is 0 Å². The maximum atomic E-state index is 13.7. The van der Waals surface area contributed by atoms with Crippen LogP contribution < -0.4 is 0 Å². The van der Waals surface area contributed by atoms with Crippen molar-refractivity contribution >= 4 is 5.91 Å². The minimum absolute atomic E-state index is 0.130. The minimum Gasteiger partial charge on any atom is -0.370 e. The summed E-state index contributed by atoms with van der Waals surface area (Å²) in [5.41, 5.74) is 1.98. The fraction of sp³-hybridized carbons (Fsp3) is 0.278. The van der Waals surface area contributed by atoms with Gasteiger partial charge < -0.3 is 9.64 Å². The molecule has 4 heteroatoms. The van der Waals surface area contributed by atoms with Crippen molar-refractivity contribution in [2.45, 2.75) is 13.0 Å². The Labute approximate surface area is 129 Å². The van der Waals surface area contributed by atoms with Crippen LogP contribution in [0.5, 0.6) is 0 Å². The van der Waals surface area contributed by atoms with E-state index in [2.05, 4.69) is 0 Å². The van der Waals surface area contributed by atoms with E-state index in [1.165, 1.54) is 6.07 Å². The fourth-order valence-corrected chi connectivity index (χ4v) is 2.61. The number of nitrogens with zero attached hydrogens (tertiary/aromatic N) is 1. The highest BCUT2D eigenvalue weighted by Gasteiger charge is 2.26. The second-order valence-electron chi connectivity index (χ2n) is 5.49. The zero-order chi connectivity index (χ0) is 15.5. The third-order valence-corrected chi connectivity index (χ3v) is 3.94. The van der Waals surface area contributed by atoms with Gasteiger partial charge in [-0.1, -0.05) is 36.4 Å². The number of hydrogen-bond acceptors (Lipinski definition) is 2. The van der Waals surface area contributed by atoms with Crippen molar-refractivity contribution in [3.8, 4) is 0 Å². The first-order valence-corrected chi connectivity index (χ1v) is 7.37. The van der Waals surface area contributed by atoms with Crippen LogP contribution >= 0.6 is 0 Å². The van der Waals surface area contributed by atoms with Crippen molar-refractivity contribution in [1.82, 2.24) is 4.90 Å². The molecular weight excluding hydrogens is 281 g/mol. The van der Waals surface area contributed by atoms with Crippen molar-refractivity contribution in [2.24, 2.45) is 0 Å². The summed E-state index contributed by atoms with van der Waals surface area (Å²) in [5, 5.41) is 0. The van der Waals surface area contributed by atoms with Crippen LogP contribution in [0.15, 0.2) is 48.5 Å². The highest BCUT2D eigenvalue weighted by molar-refractivity contribution is 5.94. The lowest BCUT2D eigenvalue weighted by atomic mass is 10.1. The predicted octanol–water partition coefficient (Wildman–Crippen LogP) is 3.35. The number of rotatable bonds is 2. The molecule has 1 amide bonds. The summed E-state index contributed by atoms with van der Waals surface area (Å²) < 4.78 is 19.4. The first-order chi connectivity index (χ1) is 10.6. The van der Waals surface area contributed by atoms with E-state index in [1.807, 2.05) is 30.3 Å². The average molecular weight is 299 g/mol.